The van der Waals surface area contributed by atoms with Crippen molar-refractivity contribution in [2.75, 3.05) is 20.2 Å². The molecule has 1 heterocycles. The molecule has 17 heavy (non-hydrogen) atoms. The minimum atomic E-state index is 0.500. The summed E-state index contributed by atoms with van der Waals surface area (Å²) in [6.45, 7) is 9.33. The van der Waals surface area contributed by atoms with Crippen molar-refractivity contribution in [3.8, 4) is 0 Å². The Kier molecular flexibility index (Phi) is 4.45. The van der Waals surface area contributed by atoms with Gasteiger partial charge in [-0.1, -0.05) is 13.8 Å². The molecule has 0 aromatic carbocycles. The van der Waals surface area contributed by atoms with E-state index in [1.165, 1.54) is 25.8 Å². The summed E-state index contributed by atoms with van der Waals surface area (Å²) in [7, 11) is 1.85. The van der Waals surface area contributed by atoms with Crippen LogP contribution in [0.1, 0.15) is 40.0 Å². The highest BCUT2D eigenvalue weighted by atomic mass is 16.5. The zero-order valence-electron chi connectivity index (χ0n) is 11.8. The molecule has 4 atom stereocenters. The highest BCUT2D eigenvalue weighted by Gasteiger charge is 2.35. The van der Waals surface area contributed by atoms with Crippen LogP contribution in [0, 0.1) is 5.92 Å². The van der Waals surface area contributed by atoms with Gasteiger partial charge in [-0.25, -0.2) is 0 Å². The molecule has 0 radical (unpaired) electrons. The first-order chi connectivity index (χ1) is 8.11. The van der Waals surface area contributed by atoms with E-state index in [0.717, 1.165) is 18.5 Å². The highest BCUT2D eigenvalue weighted by molar-refractivity contribution is 4.92. The van der Waals surface area contributed by atoms with Crippen LogP contribution in [0.2, 0.25) is 0 Å². The van der Waals surface area contributed by atoms with Crippen molar-refractivity contribution in [3.63, 3.8) is 0 Å². The van der Waals surface area contributed by atoms with Gasteiger partial charge in [-0.15, -0.1) is 0 Å². The number of rotatable bonds is 3. The Morgan fingerprint density at radius 3 is 2.65 bits per heavy atom. The third-order valence-electron chi connectivity index (χ3n) is 4.61. The van der Waals surface area contributed by atoms with Crippen molar-refractivity contribution < 1.29 is 4.74 Å². The second-order valence-electron chi connectivity index (χ2n) is 6.13. The molecule has 1 saturated heterocycles. The fraction of sp³-hybridized carbons (Fsp3) is 1.00. The summed E-state index contributed by atoms with van der Waals surface area (Å²) in [6, 6.07) is 2.08. The van der Waals surface area contributed by atoms with Gasteiger partial charge in [-0.3, -0.25) is 4.90 Å². The first-order valence-corrected chi connectivity index (χ1v) is 7.13. The topological polar surface area (TPSA) is 24.5 Å². The van der Waals surface area contributed by atoms with Crippen LogP contribution in [0.4, 0.5) is 0 Å². The maximum Gasteiger partial charge on any atom is 0.0586 e. The van der Waals surface area contributed by atoms with Gasteiger partial charge in [0.1, 0.15) is 0 Å². The minimum absolute atomic E-state index is 0.500. The summed E-state index contributed by atoms with van der Waals surface area (Å²) in [5.41, 5.74) is 0. The molecule has 3 nitrogen and oxygen atoms in total. The number of nitrogens with zero attached hydrogens (tertiary/aromatic N) is 1. The van der Waals surface area contributed by atoms with E-state index < -0.39 is 0 Å². The maximum absolute atomic E-state index is 5.50. The van der Waals surface area contributed by atoms with Crippen LogP contribution >= 0.6 is 0 Å². The van der Waals surface area contributed by atoms with Crippen molar-refractivity contribution >= 4 is 0 Å². The predicted molar refractivity (Wildman–Crippen MR) is 71.2 cm³/mol. The smallest absolute Gasteiger partial charge is 0.0586 e. The normalized spacial score (nSPS) is 40.1. The van der Waals surface area contributed by atoms with E-state index in [1.54, 1.807) is 0 Å². The molecule has 2 aliphatic rings. The number of hydrogen-bond acceptors (Lipinski definition) is 3. The standard InChI is InChI=1S/C14H28N2O/c1-10(2)14-9-16(11(3)8-15-14)12-5-6-13(7-12)17-4/h10-15H,5-9H2,1-4H3. The zero-order chi connectivity index (χ0) is 12.4. The third-order valence-corrected chi connectivity index (χ3v) is 4.61. The molecule has 1 N–H and O–H groups in total. The quantitative estimate of drug-likeness (QED) is 0.815. The molecule has 1 saturated carbocycles. The molecule has 100 valence electrons. The second-order valence-corrected chi connectivity index (χ2v) is 6.13. The average molecular weight is 240 g/mol. The second kappa shape index (κ2) is 5.68. The van der Waals surface area contributed by atoms with Gasteiger partial charge >= 0.3 is 0 Å². The van der Waals surface area contributed by atoms with E-state index in [9.17, 15) is 0 Å². The van der Waals surface area contributed by atoms with Gasteiger partial charge in [0.15, 0.2) is 0 Å². The van der Waals surface area contributed by atoms with Crippen LogP contribution in [-0.2, 0) is 4.74 Å². The van der Waals surface area contributed by atoms with E-state index >= 15 is 0 Å². The van der Waals surface area contributed by atoms with E-state index in [0.29, 0.717) is 18.2 Å². The molecule has 2 rings (SSSR count). The van der Waals surface area contributed by atoms with Crippen molar-refractivity contribution in [3.05, 3.63) is 0 Å². The van der Waals surface area contributed by atoms with E-state index in [4.69, 9.17) is 4.74 Å². The predicted octanol–water partition coefficient (Wildman–Crippen LogP) is 1.87. The van der Waals surface area contributed by atoms with Crippen LogP contribution in [0.15, 0.2) is 0 Å². The summed E-state index contributed by atoms with van der Waals surface area (Å²) in [5.74, 6) is 0.727. The van der Waals surface area contributed by atoms with Gasteiger partial charge in [0, 0.05) is 38.3 Å². The number of piperazine rings is 1. The van der Waals surface area contributed by atoms with Crippen LogP contribution < -0.4 is 5.32 Å². The average Bonchev–Trinajstić information content (AvgIpc) is 2.77. The molecule has 3 heteroatoms. The maximum atomic E-state index is 5.50. The summed E-state index contributed by atoms with van der Waals surface area (Å²) in [6.07, 6.45) is 4.28. The SMILES string of the molecule is COC1CCC(N2CC(C(C)C)NCC2C)C1. The van der Waals surface area contributed by atoms with Gasteiger partial charge in [0.2, 0.25) is 0 Å². The van der Waals surface area contributed by atoms with Crippen molar-refractivity contribution in [1.82, 2.24) is 10.2 Å². The van der Waals surface area contributed by atoms with Gasteiger partial charge in [-0.2, -0.15) is 0 Å². The van der Waals surface area contributed by atoms with Gasteiger partial charge < -0.3 is 10.1 Å². The molecule has 0 aromatic rings. The van der Waals surface area contributed by atoms with Crippen LogP contribution in [0.5, 0.6) is 0 Å². The lowest BCUT2D eigenvalue weighted by atomic mass is 9.98. The van der Waals surface area contributed by atoms with Crippen molar-refractivity contribution in [2.24, 2.45) is 5.92 Å². The lowest BCUT2D eigenvalue weighted by Crippen LogP contribution is -2.59. The fourth-order valence-electron chi connectivity index (χ4n) is 3.30. The summed E-state index contributed by atoms with van der Waals surface area (Å²) >= 11 is 0. The van der Waals surface area contributed by atoms with Crippen LogP contribution in [-0.4, -0.2) is 49.3 Å². The molecular weight excluding hydrogens is 212 g/mol. The Labute approximate surface area is 106 Å². The van der Waals surface area contributed by atoms with Crippen LogP contribution in [0.25, 0.3) is 0 Å². The summed E-state index contributed by atoms with van der Waals surface area (Å²) in [4.78, 5) is 2.72. The van der Waals surface area contributed by atoms with E-state index in [1.807, 2.05) is 7.11 Å². The minimum Gasteiger partial charge on any atom is -0.381 e. The molecule has 0 bridgehead atoms. The Balaban J connectivity index is 1.94. The molecule has 1 aliphatic carbocycles. The number of methoxy groups -OCH3 is 1. The lowest BCUT2D eigenvalue weighted by Gasteiger charge is -2.43. The number of ether oxygens (including phenoxy) is 1. The Bertz CT molecular complexity index is 244. The fourth-order valence-corrected chi connectivity index (χ4v) is 3.30. The summed E-state index contributed by atoms with van der Waals surface area (Å²) < 4.78 is 5.50. The van der Waals surface area contributed by atoms with Crippen molar-refractivity contribution in [2.45, 2.75) is 64.3 Å². The van der Waals surface area contributed by atoms with Gasteiger partial charge in [-0.05, 0) is 32.1 Å². The molecule has 0 aromatic heterocycles. The summed E-state index contributed by atoms with van der Waals surface area (Å²) in [5, 5.41) is 3.67. The van der Waals surface area contributed by atoms with Gasteiger partial charge in [0.25, 0.3) is 0 Å². The molecule has 4 unspecified atom stereocenters. The molecule has 1 aliphatic heterocycles. The molecular formula is C14H28N2O. The van der Waals surface area contributed by atoms with Crippen molar-refractivity contribution in [1.29, 1.82) is 0 Å². The Hall–Kier alpha value is -0.120. The number of hydrogen-bond donors (Lipinski definition) is 1. The first kappa shape index (κ1) is 13.3. The van der Waals surface area contributed by atoms with E-state index in [-0.39, 0.29) is 0 Å². The van der Waals surface area contributed by atoms with E-state index in [2.05, 4.69) is 31.0 Å². The molecule has 2 fully saturated rings. The Morgan fingerprint density at radius 1 is 1.29 bits per heavy atom. The molecule has 0 spiro atoms. The molecule has 0 amide bonds. The largest absolute Gasteiger partial charge is 0.381 e. The lowest BCUT2D eigenvalue weighted by molar-refractivity contribution is 0.0613. The zero-order valence-corrected chi connectivity index (χ0v) is 11.8. The Morgan fingerprint density at radius 2 is 2.06 bits per heavy atom. The van der Waals surface area contributed by atoms with Crippen LogP contribution in [0.3, 0.4) is 0 Å². The number of nitrogens with one attached hydrogen (secondary N) is 1. The monoisotopic (exact) mass is 240 g/mol. The third kappa shape index (κ3) is 3.01. The first-order valence-electron chi connectivity index (χ1n) is 7.13. The highest BCUT2D eigenvalue weighted by Crippen LogP contribution is 2.29. The van der Waals surface area contributed by atoms with Gasteiger partial charge in [0.05, 0.1) is 6.10 Å².